The van der Waals surface area contributed by atoms with Gasteiger partial charge in [-0.15, -0.1) is 0 Å². The van der Waals surface area contributed by atoms with Crippen molar-refractivity contribution in [3.8, 4) is 0 Å². The van der Waals surface area contributed by atoms with E-state index in [1.165, 1.54) is 17.7 Å². The molecule has 1 atom stereocenters. The number of anilines is 1. The van der Waals surface area contributed by atoms with Crippen LogP contribution in [0.15, 0.2) is 54.6 Å². The lowest BCUT2D eigenvalue weighted by Crippen LogP contribution is -2.48. The van der Waals surface area contributed by atoms with Gasteiger partial charge in [-0.2, -0.15) is 13.2 Å². The average molecular weight is 403 g/mol. The lowest BCUT2D eigenvalue weighted by atomic mass is 10.1. The van der Waals surface area contributed by atoms with Gasteiger partial charge < -0.3 is 4.90 Å². The summed E-state index contributed by atoms with van der Waals surface area (Å²) in [7, 11) is 0. The van der Waals surface area contributed by atoms with Crippen molar-refractivity contribution in [3.63, 3.8) is 0 Å². The van der Waals surface area contributed by atoms with E-state index in [-0.39, 0.29) is 6.10 Å². The molecule has 7 heteroatoms. The van der Waals surface area contributed by atoms with Crippen molar-refractivity contribution < 1.29 is 18.0 Å². The maximum absolute atomic E-state index is 12.9. The molecule has 0 spiro atoms. The molecule has 154 valence electrons. The number of benzene rings is 2. The molecule has 0 aromatic heterocycles. The fraction of sp³-hybridized carbons (Fsp3) is 0.364. The second-order valence-electron chi connectivity index (χ2n) is 7.54. The van der Waals surface area contributed by atoms with Crippen LogP contribution >= 0.6 is 0 Å². The Kier molecular flexibility index (Phi) is 5.52. The summed E-state index contributed by atoms with van der Waals surface area (Å²) < 4.78 is 38.8. The molecule has 2 aliphatic heterocycles. The third kappa shape index (κ3) is 4.74. The van der Waals surface area contributed by atoms with Crippen molar-refractivity contribution in [2.45, 2.75) is 19.2 Å². The molecule has 0 saturated carbocycles. The highest BCUT2D eigenvalue weighted by Crippen LogP contribution is 2.32. The van der Waals surface area contributed by atoms with Crippen LogP contribution < -0.4 is 10.4 Å². The highest BCUT2D eigenvalue weighted by atomic mass is 19.4. The molecule has 1 fully saturated rings. The summed E-state index contributed by atoms with van der Waals surface area (Å²) in [6.45, 7) is 5.75. The zero-order valence-electron chi connectivity index (χ0n) is 16.2. The van der Waals surface area contributed by atoms with Gasteiger partial charge in [0.2, 0.25) is 0 Å². The monoisotopic (exact) mass is 403 g/mol. The molecule has 2 heterocycles. The zero-order valence-corrected chi connectivity index (χ0v) is 16.2. The number of alkyl halides is 3. The minimum Gasteiger partial charge on any atom is -0.369 e. The molecule has 2 aromatic carbocycles. The van der Waals surface area contributed by atoms with E-state index in [1.807, 2.05) is 4.90 Å². The van der Waals surface area contributed by atoms with Crippen LogP contribution in [0.25, 0.3) is 5.70 Å². The SMILES string of the molecule is Cc1ccc(C2=CC(CN3CCN(c4cccc(C(F)(F)F)c4)CC3)ON2)cc1. The maximum atomic E-state index is 12.9. The van der Waals surface area contributed by atoms with Crippen molar-refractivity contribution in [3.05, 3.63) is 71.3 Å². The first-order valence-electron chi connectivity index (χ1n) is 9.73. The lowest BCUT2D eigenvalue weighted by Gasteiger charge is -2.36. The highest BCUT2D eigenvalue weighted by Gasteiger charge is 2.31. The Labute approximate surface area is 168 Å². The second kappa shape index (κ2) is 8.08. The van der Waals surface area contributed by atoms with Gasteiger partial charge in [-0.1, -0.05) is 35.9 Å². The Hall–Kier alpha value is -2.51. The molecule has 0 amide bonds. The summed E-state index contributed by atoms with van der Waals surface area (Å²) in [6, 6.07) is 13.8. The van der Waals surface area contributed by atoms with Crippen LogP contribution in [0.3, 0.4) is 0 Å². The van der Waals surface area contributed by atoms with E-state index in [2.05, 4.69) is 47.6 Å². The molecular weight excluding hydrogens is 379 g/mol. The predicted octanol–water partition coefficient (Wildman–Crippen LogP) is 4.08. The van der Waals surface area contributed by atoms with Crippen LogP contribution in [-0.2, 0) is 11.0 Å². The van der Waals surface area contributed by atoms with Crippen LogP contribution in [0.2, 0.25) is 0 Å². The number of hydroxylamine groups is 1. The first-order valence-corrected chi connectivity index (χ1v) is 9.73. The number of hydrogen-bond acceptors (Lipinski definition) is 4. The molecule has 2 aliphatic rings. The van der Waals surface area contributed by atoms with Gasteiger partial charge in [0.25, 0.3) is 0 Å². The fourth-order valence-corrected chi connectivity index (χ4v) is 3.69. The van der Waals surface area contributed by atoms with Crippen molar-refractivity contribution >= 4 is 11.4 Å². The van der Waals surface area contributed by atoms with Gasteiger partial charge in [0.05, 0.1) is 11.3 Å². The summed E-state index contributed by atoms with van der Waals surface area (Å²) in [5.41, 5.74) is 6.30. The molecule has 1 saturated heterocycles. The van der Waals surface area contributed by atoms with Gasteiger partial charge >= 0.3 is 6.18 Å². The van der Waals surface area contributed by atoms with E-state index in [4.69, 9.17) is 4.84 Å². The van der Waals surface area contributed by atoms with Gasteiger partial charge in [-0.25, -0.2) is 0 Å². The van der Waals surface area contributed by atoms with Crippen LogP contribution in [0.5, 0.6) is 0 Å². The van der Waals surface area contributed by atoms with Crippen LogP contribution in [0.1, 0.15) is 16.7 Å². The fourth-order valence-electron chi connectivity index (χ4n) is 3.69. The number of hydrogen-bond donors (Lipinski definition) is 1. The third-order valence-corrected chi connectivity index (χ3v) is 5.38. The van der Waals surface area contributed by atoms with E-state index in [0.29, 0.717) is 18.8 Å². The Morgan fingerprint density at radius 1 is 1.03 bits per heavy atom. The van der Waals surface area contributed by atoms with Crippen molar-refractivity contribution in [1.29, 1.82) is 0 Å². The van der Waals surface area contributed by atoms with E-state index < -0.39 is 11.7 Å². The van der Waals surface area contributed by atoms with Crippen molar-refractivity contribution in [2.75, 3.05) is 37.6 Å². The molecular formula is C22H24F3N3O. The van der Waals surface area contributed by atoms with Crippen molar-refractivity contribution in [1.82, 2.24) is 10.4 Å². The Morgan fingerprint density at radius 3 is 2.45 bits per heavy atom. The maximum Gasteiger partial charge on any atom is 0.416 e. The first-order chi connectivity index (χ1) is 13.9. The highest BCUT2D eigenvalue weighted by molar-refractivity contribution is 5.65. The van der Waals surface area contributed by atoms with E-state index in [1.54, 1.807) is 6.07 Å². The number of halogens is 3. The topological polar surface area (TPSA) is 27.7 Å². The summed E-state index contributed by atoms with van der Waals surface area (Å²) in [4.78, 5) is 9.98. The van der Waals surface area contributed by atoms with Gasteiger partial charge in [0.15, 0.2) is 0 Å². The number of aryl methyl sites for hydroxylation is 1. The summed E-state index contributed by atoms with van der Waals surface area (Å²) >= 11 is 0. The number of rotatable bonds is 4. The van der Waals surface area contributed by atoms with Crippen molar-refractivity contribution in [2.24, 2.45) is 0 Å². The molecule has 1 unspecified atom stereocenters. The molecule has 4 nitrogen and oxygen atoms in total. The zero-order chi connectivity index (χ0) is 20.4. The van der Waals surface area contributed by atoms with Crippen LogP contribution in [0.4, 0.5) is 18.9 Å². The quantitative estimate of drug-likeness (QED) is 0.833. The average Bonchev–Trinajstić information content (AvgIpc) is 3.17. The third-order valence-electron chi connectivity index (χ3n) is 5.38. The second-order valence-corrected chi connectivity index (χ2v) is 7.54. The molecule has 0 bridgehead atoms. The van der Waals surface area contributed by atoms with Gasteiger partial charge in [0, 0.05) is 38.4 Å². The Morgan fingerprint density at radius 2 is 1.76 bits per heavy atom. The molecule has 0 aliphatic carbocycles. The number of nitrogens with zero attached hydrogens (tertiary/aromatic N) is 2. The lowest BCUT2D eigenvalue weighted by molar-refractivity contribution is -0.137. The normalized spacial score (nSPS) is 20.5. The minimum absolute atomic E-state index is 0.0496. The first kappa shape index (κ1) is 19.8. The minimum atomic E-state index is -4.31. The van der Waals surface area contributed by atoms with E-state index in [9.17, 15) is 13.2 Å². The molecule has 29 heavy (non-hydrogen) atoms. The summed E-state index contributed by atoms with van der Waals surface area (Å²) in [5.74, 6) is 0. The predicted molar refractivity (Wildman–Crippen MR) is 107 cm³/mol. The summed E-state index contributed by atoms with van der Waals surface area (Å²) in [6.07, 6.45) is -2.28. The largest absolute Gasteiger partial charge is 0.416 e. The molecule has 1 N–H and O–H groups in total. The van der Waals surface area contributed by atoms with Gasteiger partial charge in [-0.3, -0.25) is 15.2 Å². The molecule has 0 radical (unpaired) electrons. The Balaban J connectivity index is 1.32. The standard InChI is InChI=1S/C22H24F3N3O/c1-16-5-7-17(8-6-16)21-14-20(29-26-21)15-27-9-11-28(12-10-27)19-4-2-3-18(13-19)22(23,24)25/h2-8,13-14,20,26H,9-12,15H2,1H3. The smallest absolute Gasteiger partial charge is 0.369 e. The molecule has 4 rings (SSSR count). The van der Waals surface area contributed by atoms with Crippen LogP contribution in [-0.4, -0.2) is 43.7 Å². The molecule has 2 aromatic rings. The number of piperazine rings is 1. The van der Waals surface area contributed by atoms with Crippen LogP contribution in [0, 0.1) is 6.92 Å². The summed E-state index contributed by atoms with van der Waals surface area (Å²) in [5, 5.41) is 0. The Bertz CT molecular complexity index is 872. The van der Waals surface area contributed by atoms with E-state index in [0.717, 1.165) is 37.0 Å². The van der Waals surface area contributed by atoms with E-state index >= 15 is 0 Å². The van der Waals surface area contributed by atoms with Gasteiger partial charge in [-0.05, 0) is 36.8 Å². The number of nitrogens with one attached hydrogen (secondary N) is 1. The van der Waals surface area contributed by atoms with Gasteiger partial charge in [0.1, 0.15) is 6.10 Å².